The highest BCUT2D eigenvalue weighted by Gasteiger charge is 2.40. The van der Waals surface area contributed by atoms with E-state index in [1.807, 2.05) is 6.92 Å². The first-order valence-corrected chi connectivity index (χ1v) is 8.40. The molecule has 0 spiro atoms. The maximum absolute atomic E-state index is 12.4. The molecule has 0 aromatic carbocycles. The molecule has 2 aliphatic rings. The molecule has 2 fully saturated rings. The monoisotopic (exact) mass is 300 g/mol. The second-order valence-electron chi connectivity index (χ2n) is 6.02. The number of aliphatic carboxylic acids is 1. The van der Waals surface area contributed by atoms with Crippen molar-refractivity contribution in [2.45, 2.75) is 57.5 Å². The number of amides is 2. The number of thioether (sulfide) groups is 1. The number of carboxylic acids is 1. The van der Waals surface area contributed by atoms with Crippen molar-refractivity contribution in [3.63, 3.8) is 0 Å². The molecule has 0 radical (unpaired) electrons. The molecule has 2 amide bonds. The number of carbonyl (C=O) groups is 2. The van der Waals surface area contributed by atoms with Gasteiger partial charge in [-0.1, -0.05) is 26.7 Å². The van der Waals surface area contributed by atoms with Gasteiger partial charge in [-0.25, -0.2) is 9.59 Å². The first kappa shape index (κ1) is 15.5. The molecule has 0 bridgehead atoms. The van der Waals surface area contributed by atoms with Crippen LogP contribution in [0, 0.1) is 11.8 Å². The van der Waals surface area contributed by atoms with Gasteiger partial charge in [0.05, 0.1) is 5.37 Å². The molecule has 0 aromatic rings. The van der Waals surface area contributed by atoms with Gasteiger partial charge in [-0.3, -0.25) is 4.90 Å². The molecule has 1 aliphatic carbocycles. The summed E-state index contributed by atoms with van der Waals surface area (Å²) in [5.41, 5.74) is 0. The highest BCUT2D eigenvalue weighted by molar-refractivity contribution is 8.00. The summed E-state index contributed by atoms with van der Waals surface area (Å²) in [5, 5.41) is 12.2. The summed E-state index contributed by atoms with van der Waals surface area (Å²) in [6.45, 7) is 6.28. The number of carbonyl (C=O) groups excluding carboxylic acids is 1. The smallest absolute Gasteiger partial charge is 0.327 e. The Hall–Kier alpha value is -0.910. The largest absolute Gasteiger partial charge is 0.480 e. The number of nitrogens with one attached hydrogen (secondary N) is 1. The third kappa shape index (κ3) is 3.05. The summed E-state index contributed by atoms with van der Waals surface area (Å²) in [7, 11) is 0. The van der Waals surface area contributed by atoms with Gasteiger partial charge >= 0.3 is 12.0 Å². The Kier molecular flexibility index (Phi) is 4.83. The molecule has 1 aliphatic heterocycles. The zero-order valence-electron chi connectivity index (χ0n) is 12.3. The number of hydrogen-bond acceptors (Lipinski definition) is 3. The predicted molar refractivity (Wildman–Crippen MR) is 79.7 cm³/mol. The Morgan fingerprint density at radius 1 is 1.25 bits per heavy atom. The fraction of sp³-hybridized carbons (Fsp3) is 0.857. The van der Waals surface area contributed by atoms with E-state index in [-0.39, 0.29) is 17.4 Å². The summed E-state index contributed by atoms with van der Waals surface area (Å²) < 4.78 is 0. The van der Waals surface area contributed by atoms with Crippen molar-refractivity contribution in [3.05, 3.63) is 0 Å². The van der Waals surface area contributed by atoms with E-state index in [1.54, 1.807) is 0 Å². The van der Waals surface area contributed by atoms with Crippen LogP contribution in [0.2, 0.25) is 0 Å². The summed E-state index contributed by atoms with van der Waals surface area (Å²) in [6, 6.07) is -0.759. The standard InChI is InChI=1S/C14H24N2O3S/c1-8-5-4-6-11(9(8)2)15-14(19)16-10(3)20-7-12(16)13(17)18/h8-12H,4-7H2,1-3H3,(H,15,19)(H,17,18). The van der Waals surface area contributed by atoms with Crippen LogP contribution in [-0.4, -0.2) is 45.2 Å². The van der Waals surface area contributed by atoms with E-state index < -0.39 is 12.0 Å². The van der Waals surface area contributed by atoms with E-state index in [2.05, 4.69) is 19.2 Å². The lowest BCUT2D eigenvalue weighted by atomic mass is 9.78. The average Bonchev–Trinajstić information content (AvgIpc) is 2.77. The number of rotatable bonds is 2. The lowest BCUT2D eigenvalue weighted by Crippen LogP contribution is -2.54. The Morgan fingerprint density at radius 3 is 2.60 bits per heavy atom. The fourth-order valence-corrected chi connectivity index (χ4v) is 4.33. The van der Waals surface area contributed by atoms with Crippen LogP contribution in [-0.2, 0) is 4.79 Å². The third-order valence-corrected chi connectivity index (χ3v) is 5.98. The number of urea groups is 1. The third-order valence-electron chi connectivity index (χ3n) is 4.76. The highest BCUT2D eigenvalue weighted by atomic mass is 32.2. The van der Waals surface area contributed by atoms with E-state index in [1.165, 1.54) is 23.1 Å². The predicted octanol–water partition coefficient (Wildman–Crippen LogP) is 2.37. The zero-order valence-corrected chi connectivity index (χ0v) is 13.2. The molecule has 1 saturated carbocycles. The van der Waals surface area contributed by atoms with Gasteiger partial charge in [0.2, 0.25) is 0 Å². The van der Waals surface area contributed by atoms with Crippen LogP contribution in [0.4, 0.5) is 4.79 Å². The molecule has 1 saturated heterocycles. The van der Waals surface area contributed by atoms with Gasteiger partial charge in [0.15, 0.2) is 0 Å². The minimum atomic E-state index is -0.915. The quantitative estimate of drug-likeness (QED) is 0.821. The van der Waals surface area contributed by atoms with Crippen LogP contribution in [0.3, 0.4) is 0 Å². The van der Waals surface area contributed by atoms with Crippen LogP contribution in [0.15, 0.2) is 0 Å². The van der Waals surface area contributed by atoms with Crippen molar-refractivity contribution in [2.75, 3.05) is 5.75 Å². The second-order valence-corrected chi connectivity index (χ2v) is 7.37. The van der Waals surface area contributed by atoms with Crippen molar-refractivity contribution in [1.29, 1.82) is 0 Å². The van der Waals surface area contributed by atoms with Crippen molar-refractivity contribution in [3.8, 4) is 0 Å². The van der Waals surface area contributed by atoms with Crippen molar-refractivity contribution < 1.29 is 14.7 Å². The van der Waals surface area contributed by atoms with Crippen LogP contribution in [0.1, 0.15) is 40.0 Å². The van der Waals surface area contributed by atoms with Crippen molar-refractivity contribution in [1.82, 2.24) is 10.2 Å². The lowest BCUT2D eigenvalue weighted by molar-refractivity contribution is -0.141. The van der Waals surface area contributed by atoms with Gasteiger partial charge in [0, 0.05) is 11.8 Å². The van der Waals surface area contributed by atoms with Crippen LogP contribution in [0.25, 0.3) is 0 Å². The van der Waals surface area contributed by atoms with Crippen molar-refractivity contribution >= 4 is 23.8 Å². The van der Waals surface area contributed by atoms with E-state index in [0.717, 1.165) is 12.8 Å². The Labute approximate surface area is 124 Å². The van der Waals surface area contributed by atoms with Gasteiger partial charge in [-0.15, -0.1) is 11.8 Å². The SMILES string of the molecule is CC1CCCC(NC(=O)N2C(C)SCC2C(=O)O)C1C. The first-order chi connectivity index (χ1) is 9.41. The number of nitrogens with zero attached hydrogens (tertiary/aromatic N) is 1. The molecule has 2 N–H and O–H groups in total. The molecule has 20 heavy (non-hydrogen) atoms. The van der Waals surface area contributed by atoms with Crippen molar-refractivity contribution in [2.24, 2.45) is 11.8 Å². The van der Waals surface area contributed by atoms with Gasteiger partial charge in [0.1, 0.15) is 6.04 Å². The molecular weight excluding hydrogens is 276 g/mol. The minimum absolute atomic E-state index is 0.0765. The maximum atomic E-state index is 12.4. The minimum Gasteiger partial charge on any atom is -0.480 e. The van der Waals surface area contributed by atoms with E-state index in [4.69, 9.17) is 0 Å². The van der Waals surface area contributed by atoms with Gasteiger partial charge < -0.3 is 10.4 Å². The van der Waals surface area contributed by atoms with Crippen LogP contribution in [0.5, 0.6) is 0 Å². The van der Waals surface area contributed by atoms with E-state index in [0.29, 0.717) is 17.6 Å². The molecule has 1 heterocycles. The summed E-state index contributed by atoms with van der Waals surface area (Å²) in [5.74, 6) is 0.610. The fourth-order valence-electron chi connectivity index (χ4n) is 3.16. The normalized spacial score (nSPS) is 37.8. The summed E-state index contributed by atoms with van der Waals surface area (Å²) >= 11 is 1.52. The van der Waals surface area contributed by atoms with Gasteiger partial charge in [-0.05, 0) is 25.2 Å². The summed E-state index contributed by atoms with van der Waals surface area (Å²) in [6.07, 6.45) is 3.33. The Morgan fingerprint density at radius 2 is 1.95 bits per heavy atom. The lowest BCUT2D eigenvalue weighted by Gasteiger charge is -2.36. The number of carboxylic acid groups (broad SMARTS) is 1. The van der Waals surface area contributed by atoms with Gasteiger partial charge in [0.25, 0.3) is 0 Å². The van der Waals surface area contributed by atoms with E-state index in [9.17, 15) is 14.7 Å². The molecule has 0 aromatic heterocycles. The zero-order chi connectivity index (χ0) is 14.9. The molecule has 5 atom stereocenters. The van der Waals surface area contributed by atoms with Crippen LogP contribution >= 0.6 is 11.8 Å². The summed E-state index contributed by atoms with van der Waals surface area (Å²) in [4.78, 5) is 25.1. The van der Waals surface area contributed by atoms with Crippen LogP contribution < -0.4 is 5.32 Å². The average molecular weight is 300 g/mol. The second kappa shape index (κ2) is 6.24. The Bertz CT molecular complexity index is 391. The molecular formula is C14H24N2O3S. The van der Waals surface area contributed by atoms with Gasteiger partial charge in [-0.2, -0.15) is 0 Å². The maximum Gasteiger partial charge on any atom is 0.327 e. The highest BCUT2D eigenvalue weighted by Crippen LogP contribution is 2.32. The topological polar surface area (TPSA) is 69.6 Å². The molecule has 114 valence electrons. The number of hydrogen-bond donors (Lipinski definition) is 2. The molecule has 5 nitrogen and oxygen atoms in total. The molecule has 5 unspecified atom stereocenters. The Balaban J connectivity index is 2.01. The first-order valence-electron chi connectivity index (χ1n) is 7.35. The molecule has 6 heteroatoms. The molecule has 2 rings (SSSR count). The van der Waals surface area contributed by atoms with E-state index >= 15 is 0 Å².